The van der Waals surface area contributed by atoms with E-state index in [1.54, 1.807) is 0 Å². The zero-order chi connectivity index (χ0) is 14.5. The van der Waals surface area contributed by atoms with Crippen LogP contribution in [-0.4, -0.2) is 37.7 Å². The molecule has 2 N–H and O–H groups in total. The Morgan fingerprint density at radius 1 is 1.19 bits per heavy atom. The van der Waals surface area contributed by atoms with E-state index >= 15 is 0 Å². The van der Waals surface area contributed by atoms with Crippen molar-refractivity contribution in [2.45, 2.75) is 12.5 Å². The number of rotatable bonds is 6. The van der Waals surface area contributed by atoms with Gasteiger partial charge in [-0.05, 0) is 25.1 Å². The molecule has 0 unspecified atom stereocenters. The van der Waals surface area contributed by atoms with Gasteiger partial charge < -0.3 is 15.5 Å². The van der Waals surface area contributed by atoms with Gasteiger partial charge in [-0.3, -0.25) is 0 Å². The van der Waals surface area contributed by atoms with E-state index in [0.717, 1.165) is 31.9 Å². The number of hydrogen-bond donors (Lipinski definition) is 2. The van der Waals surface area contributed by atoms with Crippen LogP contribution in [0.3, 0.4) is 0 Å². The summed E-state index contributed by atoms with van der Waals surface area (Å²) >= 11 is 0. The molecule has 0 bridgehead atoms. The average molecular weight is 282 g/mol. The summed E-state index contributed by atoms with van der Waals surface area (Å²) in [5.41, 5.74) is 2.60. The first-order valence-corrected chi connectivity index (χ1v) is 7.51. The zero-order valence-corrected chi connectivity index (χ0v) is 12.4. The number of nitrogens with zero attached hydrogens (tertiary/aromatic N) is 2. The van der Waals surface area contributed by atoms with Crippen LogP contribution >= 0.6 is 0 Å². The minimum Gasteiger partial charge on any atom is -0.370 e. The molecule has 21 heavy (non-hydrogen) atoms. The van der Waals surface area contributed by atoms with E-state index in [9.17, 15) is 0 Å². The van der Waals surface area contributed by atoms with Gasteiger partial charge in [-0.2, -0.15) is 0 Å². The molecule has 0 atom stereocenters. The van der Waals surface area contributed by atoms with E-state index < -0.39 is 0 Å². The highest BCUT2D eigenvalue weighted by molar-refractivity contribution is 5.55. The number of anilines is 2. The second-order valence-electron chi connectivity index (χ2n) is 5.45. The van der Waals surface area contributed by atoms with Crippen LogP contribution < -0.4 is 15.5 Å². The Kier molecular flexibility index (Phi) is 4.36. The molecule has 1 aliphatic rings. The van der Waals surface area contributed by atoms with E-state index in [4.69, 9.17) is 0 Å². The van der Waals surface area contributed by atoms with Gasteiger partial charge in [-0.25, -0.2) is 4.98 Å². The molecule has 4 nitrogen and oxygen atoms in total. The summed E-state index contributed by atoms with van der Waals surface area (Å²) in [5.74, 6) is 0.955. The van der Waals surface area contributed by atoms with Crippen molar-refractivity contribution in [2.24, 2.45) is 0 Å². The third-order valence-corrected chi connectivity index (χ3v) is 3.96. The molecule has 1 aromatic heterocycles. The topological polar surface area (TPSA) is 40.2 Å². The Balaban J connectivity index is 1.52. The van der Waals surface area contributed by atoms with Gasteiger partial charge >= 0.3 is 0 Å². The maximum Gasteiger partial charge on any atom is 0.127 e. The van der Waals surface area contributed by atoms with Crippen molar-refractivity contribution in [3.05, 3.63) is 54.2 Å². The highest BCUT2D eigenvalue weighted by atomic mass is 15.2. The van der Waals surface area contributed by atoms with Gasteiger partial charge in [0, 0.05) is 43.6 Å². The smallest absolute Gasteiger partial charge is 0.127 e. The molecule has 0 aliphatic carbocycles. The first-order chi connectivity index (χ1) is 10.3. The number of aromatic nitrogens is 1. The third-order valence-electron chi connectivity index (χ3n) is 3.96. The number of benzene rings is 1. The molecule has 1 aliphatic heterocycles. The summed E-state index contributed by atoms with van der Waals surface area (Å²) in [6, 6.07) is 15.4. The zero-order valence-electron chi connectivity index (χ0n) is 12.4. The predicted octanol–water partition coefficient (Wildman–Crippen LogP) is 2.14. The number of hydrogen-bond acceptors (Lipinski definition) is 4. The second kappa shape index (κ2) is 6.59. The maximum atomic E-state index is 4.40. The lowest BCUT2D eigenvalue weighted by atomic mass is 10.1. The van der Waals surface area contributed by atoms with Crippen molar-refractivity contribution >= 4 is 11.5 Å². The first kappa shape index (κ1) is 13.9. The minimum atomic E-state index is 0.618. The highest BCUT2D eigenvalue weighted by Crippen LogP contribution is 2.22. The van der Waals surface area contributed by atoms with E-state index in [-0.39, 0.29) is 0 Å². The molecular weight excluding hydrogens is 260 g/mol. The van der Waals surface area contributed by atoms with Crippen molar-refractivity contribution in [1.29, 1.82) is 0 Å². The monoisotopic (exact) mass is 282 g/mol. The summed E-state index contributed by atoms with van der Waals surface area (Å²) in [4.78, 5) is 6.76. The lowest BCUT2D eigenvalue weighted by molar-refractivity contribution is 0.450. The fourth-order valence-electron chi connectivity index (χ4n) is 2.56. The van der Waals surface area contributed by atoms with Crippen LogP contribution in [0.25, 0.3) is 0 Å². The van der Waals surface area contributed by atoms with Crippen molar-refractivity contribution < 1.29 is 0 Å². The molecule has 2 heterocycles. The van der Waals surface area contributed by atoms with Gasteiger partial charge in [0.1, 0.15) is 5.82 Å². The van der Waals surface area contributed by atoms with Gasteiger partial charge in [0.15, 0.2) is 0 Å². The summed E-state index contributed by atoms with van der Waals surface area (Å²) in [7, 11) is 2.02. The third kappa shape index (κ3) is 3.52. The molecule has 0 amide bonds. The van der Waals surface area contributed by atoms with Crippen molar-refractivity contribution in [2.75, 3.05) is 36.9 Å². The molecular formula is C17H22N4. The van der Waals surface area contributed by atoms with Crippen LogP contribution in [0.15, 0.2) is 48.7 Å². The van der Waals surface area contributed by atoms with Crippen LogP contribution in [0.4, 0.5) is 11.5 Å². The van der Waals surface area contributed by atoms with Crippen LogP contribution in [0, 0.1) is 0 Å². The maximum absolute atomic E-state index is 4.40. The molecule has 0 spiro atoms. The lowest BCUT2D eigenvalue weighted by Crippen LogP contribution is -2.57. The molecule has 0 radical (unpaired) electrons. The second-order valence-corrected chi connectivity index (χ2v) is 5.45. The summed E-state index contributed by atoms with van der Waals surface area (Å²) in [5, 5.41) is 6.70. The molecule has 2 aromatic rings. The van der Waals surface area contributed by atoms with Gasteiger partial charge in [0.25, 0.3) is 0 Å². The average Bonchev–Trinajstić information content (AvgIpc) is 2.48. The fourth-order valence-corrected chi connectivity index (χ4v) is 2.56. The molecule has 4 heteroatoms. The van der Waals surface area contributed by atoms with Crippen LogP contribution in [0.5, 0.6) is 0 Å². The van der Waals surface area contributed by atoms with Gasteiger partial charge in [0.2, 0.25) is 0 Å². The van der Waals surface area contributed by atoms with E-state index in [1.807, 2.05) is 19.3 Å². The van der Waals surface area contributed by atoms with Crippen molar-refractivity contribution in [3.8, 4) is 0 Å². The molecule has 1 saturated heterocycles. The minimum absolute atomic E-state index is 0.618. The van der Waals surface area contributed by atoms with Crippen LogP contribution in [0.1, 0.15) is 5.56 Å². The Bertz CT molecular complexity index is 564. The summed E-state index contributed by atoms with van der Waals surface area (Å²) in [6.45, 7) is 3.05. The van der Waals surface area contributed by atoms with Gasteiger partial charge in [-0.1, -0.05) is 30.3 Å². The summed E-state index contributed by atoms with van der Waals surface area (Å²) in [6.07, 6.45) is 2.89. The number of pyridine rings is 1. The Morgan fingerprint density at radius 2 is 2.00 bits per heavy atom. The number of nitrogens with one attached hydrogen (secondary N) is 2. The predicted molar refractivity (Wildman–Crippen MR) is 87.9 cm³/mol. The Morgan fingerprint density at radius 3 is 2.76 bits per heavy atom. The van der Waals surface area contributed by atoms with Crippen molar-refractivity contribution in [1.82, 2.24) is 10.3 Å². The van der Waals surface area contributed by atoms with Crippen LogP contribution in [-0.2, 0) is 6.42 Å². The normalized spacial score (nSPS) is 14.8. The van der Waals surface area contributed by atoms with Gasteiger partial charge in [-0.15, -0.1) is 0 Å². The largest absolute Gasteiger partial charge is 0.370 e. The molecule has 1 aromatic carbocycles. The highest BCUT2D eigenvalue weighted by Gasteiger charge is 2.25. The molecule has 110 valence electrons. The van der Waals surface area contributed by atoms with E-state index in [2.05, 4.69) is 56.9 Å². The SMILES string of the molecule is CNC1CN(c2ccnc(NCCc3ccccc3)c2)C1. The molecule has 1 fully saturated rings. The standard InChI is InChI=1S/C17H22N4/c1-18-15-12-21(13-15)16-8-10-20-17(11-16)19-9-7-14-5-3-2-4-6-14/h2-6,8,10-11,15,18H,7,9,12-13H2,1H3,(H,19,20). The van der Waals surface area contributed by atoms with E-state index in [0.29, 0.717) is 6.04 Å². The Hall–Kier alpha value is -2.07. The summed E-state index contributed by atoms with van der Waals surface area (Å²) < 4.78 is 0. The first-order valence-electron chi connectivity index (χ1n) is 7.51. The van der Waals surface area contributed by atoms with Crippen LogP contribution in [0.2, 0.25) is 0 Å². The van der Waals surface area contributed by atoms with Gasteiger partial charge in [0.05, 0.1) is 0 Å². The lowest BCUT2D eigenvalue weighted by Gasteiger charge is -2.40. The number of likely N-dealkylation sites (N-methyl/N-ethyl adjacent to an activating group) is 1. The fraction of sp³-hybridized carbons (Fsp3) is 0.353. The molecule has 3 rings (SSSR count). The Labute approximate surface area is 126 Å². The van der Waals surface area contributed by atoms with Crippen molar-refractivity contribution in [3.63, 3.8) is 0 Å². The van der Waals surface area contributed by atoms with E-state index in [1.165, 1.54) is 11.3 Å². The quantitative estimate of drug-likeness (QED) is 0.851. The molecule has 0 saturated carbocycles.